The molecule has 18 heavy (non-hydrogen) atoms. The Labute approximate surface area is 109 Å². The summed E-state index contributed by atoms with van der Waals surface area (Å²) in [6.07, 6.45) is 0.869. The summed E-state index contributed by atoms with van der Waals surface area (Å²) in [4.78, 5) is 0. The largest absolute Gasteiger partial charge is 0.493 e. The van der Waals surface area contributed by atoms with E-state index in [1.807, 2.05) is 25.1 Å². The van der Waals surface area contributed by atoms with E-state index in [4.69, 9.17) is 9.47 Å². The van der Waals surface area contributed by atoms with Gasteiger partial charge in [0.25, 0.3) is 0 Å². The quantitative estimate of drug-likeness (QED) is 0.619. The van der Waals surface area contributed by atoms with Gasteiger partial charge >= 0.3 is 0 Å². The summed E-state index contributed by atoms with van der Waals surface area (Å²) >= 11 is 0. The molecule has 3 nitrogen and oxygen atoms in total. The van der Waals surface area contributed by atoms with Gasteiger partial charge in [0.1, 0.15) is 0 Å². The average Bonchev–Trinajstić information content (AvgIpc) is 2.42. The van der Waals surface area contributed by atoms with Gasteiger partial charge in [-0.1, -0.05) is 6.07 Å². The Morgan fingerprint density at radius 2 is 1.94 bits per heavy atom. The molecule has 0 saturated heterocycles. The van der Waals surface area contributed by atoms with Crippen LogP contribution in [0.25, 0.3) is 0 Å². The zero-order valence-electron chi connectivity index (χ0n) is 11.5. The van der Waals surface area contributed by atoms with Crippen LogP contribution in [0, 0.1) is 11.8 Å². The molecule has 0 heterocycles. The van der Waals surface area contributed by atoms with Crippen LogP contribution in [0.2, 0.25) is 0 Å². The maximum atomic E-state index is 5.29. The van der Waals surface area contributed by atoms with Gasteiger partial charge in [0, 0.05) is 19.0 Å². The van der Waals surface area contributed by atoms with Crippen LogP contribution in [-0.2, 0) is 0 Å². The Balaban J connectivity index is 2.66. The number of ether oxygens (including phenoxy) is 2. The number of hydrogen-bond donors (Lipinski definition) is 1. The number of hydrogen-bond acceptors (Lipinski definition) is 3. The monoisotopic (exact) mass is 247 g/mol. The van der Waals surface area contributed by atoms with Gasteiger partial charge in [-0.05, 0) is 31.5 Å². The van der Waals surface area contributed by atoms with Gasteiger partial charge in [-0.25, -0.2) is 0 Å². The van der Waals surface area contributed by atoms with Crippen LogP contribution < -0.4 is 14.8 Å². The molecular formula is C15H21NO2. The van der Waals surface area contributed by atoms with Crippen molar-refractivity contribution in [3.8, 4) is 23.3 Å². The highest BCUT2D eigenvalue weighted by molar-refractivity contribution is 5.43. The molecule has 3 heteroatoms. The van der Waals surface area contributed by atoms with Crippen LogP contribution in [0.3, 0.4) is 0 Å². The third-order valence-corrected chi connectivity index (χ3v) is 2.78. The Morgan fingerprint density at radius 1 is 1.22 bits per heavy atom. The molecule has 0 saturated carbocycles. The van der Waals surface area contributed by atoms with Gasteiger partial charge in [-0.15, -0.1) is 11.8 Å². The summed E-state index contributed by atoms with van der Waals surface area (Å²) < 4.78 is 10.5. The van der Waals surface area contributed by atoms with E-state index in [1.54, 1.807) is 14.2 Å². The summed E-state index contributed by atoms with van der Waals surface area (Å²) in [6, 6.07) is 6.24. The fourth-order valence-electron chi connectivity index (χ4n) is 1.72. The van der Waals surface area contributed by atoms with Crippen molar-refractivity contribution in [1.82, 2.24) is 5.32 Å². The van der Waals surface area contributed by atoms with Crippen LogP contribution in [0.5, 0.6) is 11.5 Å². The fourth-order valence-corrected chi connectivity index (χ4v) is 1.72. The van der Waals surface area contributed by atoms with Crippen LogP contribution in [0.15, 0.2) is 18.2 Å². The van der Waals surface area contributed by atoms with Crippen LogP contribution in [0.1, 0.15) is 31.9 Å². The molecule has 0 spiro atoms. The number of rotatable bonds is 6. The average molecular weight is 247 g/mol. The minimum atomic E-state index is 0.267. The van der Waals surface area contributed by atoms with E-state index < -0.39 is 0 Å². The predicted octanol–water partition coefficient (Wildman–Crippen LogP) is 2.77. The van der Waals surface area contributed by atoms with E-state index in [-0.39, 0.29) is 6.04 Å². The van der Waals surface area contributed by atoms with E-state index in [9.17, 15) is 0 Å². The maximum Gasteiger partial charge on any atom is 0.161 e. The third kappa shape index (κ3) is 3.97. The smallest absolute Gasteiger partial charge is 0.161 e. The van der Waals surface area contributed by atoms with Crippen molar-refractivity contribution in [3.05, 3.63) is 23.8 Å². The standard InChI is InChI=1S/C15H21NO2/c1-5-6-7-10-16-12(2)13-8-9-14(17-3)15(11-13)18-4/h8-9,11-12,16H,7,10H2,1-4H3. The zero-order chi connectivity index (χ0) is 13.4. The summed E-state index contributed by atoms with van der Waals surface area (Å²) in [6.45, 7) is 4.87. The lowest BCUT2D eigenvalue weighted by Crippen LogP contribution is -2.19. The summed E-state index contributed by atoms with van der Waals surface area (Å²) in [7, 11) is 3.29. The second-order valence-corrected chi connectivity index (χ2v) is 3.97. The van der Waals surface area contributed by atoms with Crippen LogP contribution in [-0.4, -0.2) is 20.8 Å². The molecule has 0 radical (unpaired) electrons. The fraction of sp³-hybridized carbons (Fsp3) is 0.467. The van der Waals surface area contributed by atoms with Crippen molar-refractivity contribution in [1.29, 1.82) is 0 Å². The molecular weight excluding hydrogens is 226 g/mol. The Hall–Kier alpha value is -1.66. The zero-order valence-corrected chi connectivity index (χ0v) is 11.5. The molecule has 0 aliphatic carbocycles. The molecule has 1 rings (SSSR count). The highest BCUT2D eigenvalue weighted by Crippen LogP contribution is 2.29. The van der Waals surface area contributed by atoms with Crippen molar-refractivity contribution < 1.29 is 9.47 Å². The Morgan fingerprint density at radius 3 is 2.56 bits per heavy atom. The molecule has 0 aliphatic rings. The van der Waals surface area contributed by atoms with E-state index in [1.165, 1.54) is 5.56 Å². The van der Waals surface area contributed by atoms with Gasteiger partial charge in [0.2, 0.25) is 0 Å². The van der Waals surface area contributed by atoms with E-state index in [0.717, 1.165) is 24.5 Å². The molecule has 98 valence electrons. The summed E-state index contributed by atoms with van der Waals surface area (Å²) in [5.41, 5.74) is 1.18. The maximum absolute atomic E-state index is 5.29. The molecule has 1 atom stereocenters. The number of methoxy groups -OCH3 is 2. The first-order valence-electron chi connectivity index (χ1n) is 6.07. The lowest BCUT2D eigenvalue weighted by atomic mass is 10.1. The van der Waals surface area contributed by atoms with Crippen molar-refractivity contribution in [2.24, 2.45) is 0 Å². The van der Waals surface area contributed by atoms with Crippen LogP contribution in [0.4, 0.5) is 0 Å². The predicted molar refractivity (Wildman–Crippen MR) is 74.0 cm³/mol. The first kappa shape index (κ1) is 14.4. The lowest BCUT2D eigenvalue weighted by Gasteiger charge is -2.15. The minimum Gasteiger partial charge on any atom is -0.493 e. The highest BCUT2D eigenvalue weighted by Gasteiger charge is 2.09. The van der Waals surface area contributed by atoms with Gasteiger partial charge in [-0.3, -0.25) is 0 Å². The van der Waals surface area contributed by atoms with Crippen molar-refractivity contribution in [2.75, 3.05) is 20.8 Å². The van der Waals surface area contributed by atoms with Gasteiger partial charge in [0.15, 0.2) is 11.5 Å². The lowest BCUT2D eigenvalue weighted by molar-refractivity contribution is 0.354. The van der Waals surface area contributed by atoms with Crippen molar-refractivity contribution >= 4 is 0 Å². The number of nitrogens with one attached hydrogen (secondary N) is 1. The first-order chi connectivity index (χ1) is 8.72. The topological polar surface area (TPSA) is 30.5 Å². The highest BCUT2D eigenvalue weighted by atomic mass is 16.5. The molecule has 1 unspecified atom stereocenters. The van der Waals surface area contributed by atoms with E-state index >= 15 is 0 Å². The molecule has 1 aromatic rings. The van der Waals surface area contributed by atoms with Gasteiger partial charge in [0.05, 0.1) is 14.2 Å². The molecule has 1 N–H and O–H groups in total. The normalized spacial score (nSPS) is 11.3. The molecule has 0 aromatic heterocycles. The molecule has 0 fully saturated rings. The Kier molecular flexibility index (Phi) is 6.10. The van der Waals surface area contributed by atoms with Crippen molar-refractivity contribution in [3.63, 3.8) is 0 Å². The van der Waals surface area contributed by atoms with Crippen LogP contribution >= 0.6 is 0 Å². The summed E-state index contributed by atoms with van der Waals surface area (Å²) in [5, 5.41) is 3.42. The summed E-state index contributed by atoms with van der Waals surface area (Å²) in [5.74, 6) is 7.44. The number of benzene rings is 1. The second kappa shape index (κ2) is 7.62. The second-order valence-electron chi connectivity index (χ2n) is 3.97. The first-order valence-corrected chi connectivity index (χ1v) is 6.07. The molecule has 0 bridgehead atoms. The van der Waals surface area contributed by atoms with E-state index in [0.29, 0.717) is 0 Å². The van der Waals surface area contributed by atoms with Gasteiger partial charge in [-0.2, -0.15) is 0 Å². The minimum absolute atomic E-state index is 0.267. The molecule has 1 aromatic carbocycles. The molecule has 0 aliphatic heterocycles. The SMILES string of the molecule is CC#CCCNC(C)c1ccc(OC)c(OC)c1. The van der Waals surface area contributed by atoms with E-state index in [2.05, 4.69) is 24.1 Å². The molecule has 0 amide bonds. The Bertz CT molecular complexity index is 432. The van der Waals surface area contributed by atoms with Gasteiger partial charge < -0.3 is 14.8 Å². The van der Waals surface area contributed by atoms with Crippen molar-refractivity contribution in [2.45, 2.75) is 26.3 Å². The third-order valence-electron chi connectivity index (χ3n) is 2.78.